The average molecular weight is 95.2 g/mol. The minimum Gasteiger partial charge on any atom is -0.0913 e. The van der Waals surface area contributed by atoms with Gasteiger partial charge in [0, 0.05) is 0 Å². The van der Waals surface area contributed by atoms with Crippen molar-refractivity contribution >= 4 is 0 Å². The van der Waals surface area contributed by atoms with E-state index in [4.69, 9.17) is 0 Å². The summed E-state index contributed by atoms with van der Waals surface area (Å²) >= 11 is 0. The highest BCUT2D eigenvalue weighted by atomic mass is 13.7. The van der Waals surface area contributed by atoms with Crippen molar-refractivity contribution in [1.82, 2.24) is 0 Å². The minimum absolute atomic E-state index is 0.951. The van der Waals surface area contributed by atoms with E-state index >= 15 is 0 Å². The van der Waals surface area contributed by atoms with Gasteiger partial charge in [0.25, 0.3) is 0 Å². The van der Waals surface area contributed by atoms with Crippen LogP contribution in [0.3, 0.4) is 0 Å². The van der Waals surface area contributed by atoms with Crippen molar-refractivity contribution in [3.8, 4) is 0 Å². The Hall–Kier alpha value is -0.520. The van der Waals surface area contributed by atoms with Gasteiger partial charge in [-0.1, -0.05) is 18.2 Å². The van der Waals surface area contributed by atoms with Crippen LogP contribution in [0.15, 0.2) is 18.2 Å². The molecule has 0 nitrogen and oxygen atoms in total. The van der Waals surface area contributed by atoms with Crippen LogP contribution < -0.4 is 0 Å². The van der Waals surface area contributed by atoms with Crippen LogP contribution in [-0.2, 0) is 0 Å². The molecule has 0 rings (SSSR count). The van der Waals surface area contributed by atoms with Gasteiger partial charge in [-0.3, -0.25) is 0 Å². The molecule has 0 saturated carbocycles. The lowest BCUT2D eigenvalue weighted by Gasteiger charge is -1.72. The molecule has 0 unspecified atom stereocenters. The zero-order chi connectivity index (χ0) is 5.54. The average Bonchev–Trinajstić information content (AvgIpc) is 1.69. The quantitative estimate of drug-likeness (QED) is 0.462. The fraction of sp³-hybridized carbons (Fsp3) is 0.429. The summed E-state index contributed by atoms with van der Waals surface area (Å²) in [6, 6.07) is 0. The molecule has 0 heteroatoms. The van der Waals surface area contributed by atoms with Gasteiger partial charge in [-0.25, -0.2) is 0 Å². The molecule has 0 aromatic rings. The topological polar surface area (TPSA) is 0 Å². The summed E-state index contributed by atoms with van der Waals surface area (Å²) in [6.07, 6.45) is 10.0. The number of rotatable bonds is 2. The van der Waals surface area contributed by atoms with E-state index in [-0.39, 0.29) is 0 Å². The molecule has 1 radical (unpaired) electrons. The Bertz CT molecular complexity index is 58.1. The monoisotopic (exact) mass is 95.1 g/mol. The lowest BCUT2D eigenvalue weighted by Crippen LogP contribution is -1.53. The molecule has 0 aromatic carbocycles. The largest absolute Gasteiger partial charge is 0.0913 e. The molecule has 0 bridgehead atoms. The van der Waals surface area contributed by atoms with Crippen molar-refractivity contribution in [1.29, 1.82) is 0 Å². The van der Waals surface area contributed by atoms with Crippen LogP contribution in [0.1, 0.15) is 20.3 Å². The van der Waals surface area contributed by atoms with Gasteiger partial charge in [-0.05, 0) is 26.3 Å². The van der Waals surface area contributed by atoms with Gasteiger partial charge in [0.1, 0.15) is 0 Å². The van der Waals surface area contributed by atoms with Crippen molar-refractivity contribution in [2.45, 2.75) is 20.3 Å². The fourth-order valence-electron chi connectivity index (χ4n) is 0.304. The molecule has 0 saturated heterocycles. The molecule has 0 fully saturated rings. The molecule has 0 aromatic heterocycles. The highest BCUT2D eigenvalue weighted by Gasteiger charge is 1.62. The molecule has 0 aliphatic heterocycles. The number of hydrogen-bond acceptors (Lipinski definition) is 0. The molecule has 0 spiro atoms. The maximum atomic E-state index is 3.04. The van der Waals surface area contributed by atoms with Gasteiger partial charge in [0.15, 0.2) is 0 Å². The molecular weight excluding hydrogens is 84.1 g/mol. The Morgan fingerprint density at radius 3 is 2.57 bits per heavy atom. The third-order valence-electron chi connectivity index (χ3n) is 0.676. The first-order valence-electron chi connectivity index (χ1n) is 2.54. The van der Waals surface area contributed by atoms with Crippen molar-refractivity contribution < 1.29 is 0 Å². The highest BCUT2D eigenvalue weighted by molar-refractivity contribution is 4.83. The van der Waals surface area contributed by atoms with Crippen LogP contribution in [0.5, 0.6) is 0 Å². The smallest absolute Gasteiger partial charge is 0.00981 e. The molecular formula is C7H11. The van der Waals surface area contributed by atoms with E-state index in [0.29, 0.717) is 0 Å². The number of hydrogen-bond donors (Lipinski definition) is 0. The van der Waals surface area contributed by atoms with E-state index in [1.165, 1.54) is 0 Å². The Balaban J connectivity index is 2.98. The second-order valence-corrected chi connectivity index (χ2v) is 1.27. The second-order valence-electron chi connectivity index (χ2n) is 1.27. The van der Waals surface area contributed by atoms with Crippen molar-refractivity contribution in [3.05, 3.63) is 24.3 Å². The Kier molecular flexibility index (Phi) is 5.07. The van der Waals surface area contributed by atoms with E-state index in [2.05, 4.69) is 12.2 Å². The third-order valence-corrected chi connectivity index (χ3v) is 0.676. The Labute approximate surface area is 45.5 Å². The SMILES string of the molecule is CC=CC/[C]=C/C. The predicted octanol–water partition coefficient (Wildman–Crippen LogP) is 2.33. The zero-order valence-corrected chi connectivity index (χ0v) is 4.94. The Morgan fingerprint density at radius 2 is 2.14 bits per heavy atom. The Morgan fingerprint density at radius 1 is 1.43 bits per heavy atom. The van der Waals surface area contributed by atoms with Gasteiger partial charge >= 0.3 is 0 Å². The molecule has 0 atom stereocenters. The maximum absolute atomic E-state index is 3.04. The zero-order valence-electron chi connectivity index (χ0n) is 4.94. The van der Waals surface area contributed by atoms with Crippen LogP contribution in [0.25, 0.3) is 0 Å². The standard InChI is InChI=1S/C7H11/c1-3-5-7-6-4-2/h3-5H,7H2,1-2H3. The van der Waals surface area contributed by atoms with Crippen molar-refractivity contribution in [2.75, 3.05) is 0 Å². The van der Waals surface area contributed by atoms with Crippen LogP contribution in [0.4, 0.5) is 0 Å². The van der Waals surface area contributed by atoms with E-state index in [0.717, 1.165) is 6.42 Å². The lowest BCUT2D eigenvalue weighted by molar-refractivity contribution is 1.32. The summed E-state index contributed by atoms with van der Waals surface area (Å²) < 4.78 is 0. The third kappa shape index (κ3) is 5.48. The fourth-order valence-corrected chi connectivity index (χ4v) is 0.304. The summed E-state index contributed by atoms with van der Waals surface area (Å²) in [5, 5.41) is 0. The predicted molar refractivity (Wildman–Crippen MR) is 32.9 cm³/mol. The molecule has 0 aliphatic rings. The van der Waals surface area contributed by atoms with Crippen LogP contribution in [0, 0.1) is 6.08 Å². The van der Waals surface area contributed by atoms with Gasteiger partial charge < -0.3 is 0 Å². The first-order valence-corrected chi connectivity index (χ1v) is 2.54. The van der Waals surface area contributed by atoms with Crippen LogP contribution in [0.2, 0.25) is 0 Å². The van der Waals surface area contributed by atoms with Gasteiger partial charge in [0.05, 0.1) is 0 Å². The van der Waals surface area contributed by atoms with E-state index < -0.39 is 0 Å². The van der Waals surface area contributed by atoms with Gasteiger partial charge in [0.2, 0.25) is 0 Å². The highest BCUT2D eigenvalue weighted by Crippen LogP contribution is 1.81. The maximum Gasteiger partial charge on any atom is -0.00981 e. The molecule has 0 aliphatic carbocycles. The normalized spacial score (nSPS) is 11.7. The molecule has 39 valence electrons. The molecule has 0 heterocycles. The first kappa shape index (κ1) is 6.48. The van der Waals surface area contributed by atoms with E-state index in [1.54, 1.807) is 0 Å². The van der Waals surface area contributed by atoms with Crippen molar-refractivity contribution in [2.24, 2.45) is 0 Å². The van der Waals surface area contributed by atoms with Crippen LogP contribution in [-0.4, -0.2) is 0 Å². The molecule has 0 N–H and O–H groups in total. The van der Waals surface area contributed by atoms with Gasteiger partial charge in [-0.15, -0.1) is 0 Å². The summed E-state index contributed by atoms with van der Waals surface area (Å²) in [5.41, 5.74) is 0. The van der Waals surface area contributed by atoms with Crippen molar-refractivity contribution in [3.63, 3.8) is 0 Å². The van der Waals surface area contributed by atoms with Crippen LogP contribution >= 0.6 is 0 Å². The lowest BCUT2D eigenvalue weighted by atomic mass is 10.3. The minimum atomic E-state index is 0.951. The molecule has 0 amide bonds. The molecule has 7 heavy (non-hydrogen) atoms. The summed E-state index contributed by atoms with van der Waals surface area (Å²) in [6.45, 7) is 3.99. The summed E-state index contributed by atoms with van der Waals surface area (Å²) in [7, 11) is 0. The van der Waals surface area contributed by atoms with Gasteiger partial charge in [-0.2, -0.15) is 0 Å². The van der Waals surface area contributed by atoms with E-state index in [9.17, 15) is 0 Å². The first-order chi connectivity index (χ1) is 3.41. The van der Waals surface area contributed by atoms with E-state index in [1.807, 2.05) is 26.0 Å². The number of allylic oxidation sites excluding steroid dienone is 4. The summed E-state index contributed by atoms with van der Waals surface area (Å²) in [5.74, 6) is 0. The summed E-state index contributed by atoms with van der Waals surface area (Å²) in [4.78, 5) is 0. The second kappa shape index (κ2) is 5.48.